The average molecular weight is 472 g/mol. The van der Waals surface area contributed by atoms with Gasteiger partial charge >= 0.3 is 6.09 Å². The minimum atomic E-state index is -0.472. The fourth-order valence-corrected chi connectivity index (χ4v) is 4.19. The van der Waals surface area contributed by atoms with E-state index in [4.69, 9.17) is 14.2 Å². The molecule has 1 aliphatic heterocycles. The Hall–Kier alpha value is -3.20. The number of rotatable bonds is 6. The van der Waals surface area contributed by atoms with Gasteiger partial charge in [0.2, 0.25) is 11.8 Å². The number of ether oxygens (including phenoxy) is 3. The van der Waals surface area contributed by atoms with Gasteiger partial charge in [0.25, 0.3) is 0 Å². The molecule has 1 aromatic carbocycles. The van der Waals surface area contributed by atoms with Gasteiger partial charge in [-0.2, -0.15) is 11.3 Å². The fourth-order valence-electron chi connectivity index (χ4n) is 3.53. The summed E-state index contributed by atoms with van der Waals surface area (Å²) in [5.41, 5.74) is 2.33. The number of carbonyl (C=O) groups is 1. The summed E-state index contributed by atoms with van der Waals surface area (Å²) >= 11 is 1.56. The average Bonchev–Trinajstić information content (AvgIpc) is 3.33. The maximum absolute atomic E-state index is 14.7. The van der Waals surface area contributed by atoms with Crippen molar-refractivity contribution in [2.24, 2.45) is 0 Å². The number of halogens is 1. The van der Waals surface area contributed by atoms with Crippen LogP contribution in [0.15, 0.2) is 41.4 Å². The van der Waals surface area contributed by atoms with Gasteiger partial charge in [0, 0.05) is 25.9 Å². The molecule has 1 fully saturated rings. The Morgan fingerprint density at radius 2 is 1.91 bits per heavy atom. The van der Waals surface area contributed by atoms with Crippen LogP contribution in [0, 0.1) is 12.7 Å². The smallest absolute Gasteiger partial charge is 0.410 e. The maximum Gasteiger partial charge on any atom is 0.410 e. The van der Waals surface area contributed by atoms with Crippen LogP contribution in [0.2, 0.25) is 0 Å². The van der Waals surface area contributed by atoms with Crippen molar-refractivity contribution in [3.05, 3.63) is 52.7 Å². The minimum Gasteiger partial charge on any atom is -0.474 e. The topological polar surface area (TPSA) is 73.8 Å². The molecule has 3 heterocycles. The lowest BCUT2D eigenvalue weighted by Gasteiger charge is -2.31. The van der Waals surface area contributed by atoms with Gasteiger partial charge < -0.3 is 19.1 Å². The summed E-state index contributed by atoms with van der Waals surface area (Å²) in [5, 5.41) is 3.91. The van der Waals surface area contributed by atoms with E-state index >= 15 is 0 Å². The molecule has 0 atom stereocenters. The molecule has 0 aliphatic carbocycles. The number of aromatic nitrogens is 2. The van der Waals surface area contributed by atoms with E-state index in [1.807, 2.05) is 36.7 Å². The van der Waals surface area contributed by atoms with Gasteiger partial charge in [-0.15, -0.1) is 0 Å². The van der Waals surface area contributed by atoms with E-state index in [0.717, 1.165) is 11.1 Å². The molecule has 1 aliphatic rings. The van der Waals surface area contributed by atoms with Crippen molar-refractivity contribution in [3.8, 4) is 28.6 Å². The first-order valence-corrected chi connectivity index (χ1v) is 11.8. The lowest BCUT2D eigenvalue weighted by Crippen LogP contribution is -2.42. The number of benzene rings is 1. The first-order chi connectivity index (χ1) is 15.9. The molecule has 1 amide bonds. The Kier molecular flexibility index (Phi) is 7.08. The third-order valence-corrected chi connectivity index (χ3v) is 5.98. The van der Waals surface area contributed by atoms with Crippen LogP contribution in [0.1, 0.15) is 32.3 Å². The van der Waals surface area contributed by atoms with Crippen molar-refractivity contribution in [2.75, 3.05) is 13.1 Å². The van der Waals surface area contributed by atoms with Crippen molar-refractivity contribution in [3.63, 3.8) is 0 Å². The van der Waals surface area contributed by atoms with Crippen LogP contribution in [0.5, 0.6) is 17.5 Å². The van der Waals surface area contributed by atoms with E-state index in [9.17, 15) is 9.18 Å². The summed E-state index contributed by atoms with van der Waals surface area (Å²) < 4.78 is 31.8. The number of carbonyl (C=O) groups excluding carboxylic acids is 1. The van der Waals surface area contributed by atoms with Crippen LogP contribution in [-0.2, 0) is 4.74 Å². The maximum atomic E-state index is 14.7. The van der Waals surface area contributed by atoms with Gasteiger partial charge in [-0.3, -0.25) is 0 Å². The number of likely N-dealkylation sites (tertiary alicyclic amines) is 1. The lowest BCUT2D eigenvalue weighted by atomic mass is 10.1. The van der Waals surface area contributed by atoms with Crippen LogP contribution in [0.4, 0.5) is 9.18 Å². The summed E-state index contributed by atoms with van der Waals surface area (Å²) in [7, 11) is 0. The normalized spacial score (nSPS) is 14.4. The summed E-state index contributed by atoms with van der Waals surface area (Å²) in [6.45, 7) is 6.53. The molecule has 7 nitrogen and oxygen atoms in total. The molecule has 174 valence electrons. The first kappa shape index (κ1) is 23.0. The number of hydrogen-bond acceptors (Lipinski definition) is 7. The molecular formula is C24H26FN3O4S. The molecule has 0 radical (unpaired) electrons. The van der Waals surface area contributed by atoms with Gasteiger partial charge in [0.15, 0.2) is 11.6 Å². The summed E-state index contributed by atoms with van der Waals surface area (Å²) in [6.07, 6.45) is 2.10. The third-order valence-electron chi connectivity index (χ3n) is 5.30. The molecule has 0 unspecified atom stereocenters. The summed E-state index contributed by atoms with van der Waals surface area (Å²) in [6, 6.07) is 6.79. The number of piperidine rings is 1. The van der Waals surface area contributed by atoms with E-state index in [1.165, 1.54) is 12.4 Å². The van der Waals surface area contributed by atoms with E-state index in [2.05, 4.69) is 9.97 Å². The van der Waals surface area contributed by atoms with Crippen LogP contribution in [0.25, 0.3) is 11.1 Å². The van der Waals surface area contributed by atoms with Crippen molar-refractivity contribution in [1.29, 1.82) is 0 Å². The minimum absolute atomic E-state index is 0.0821. The Morgan fingerprint density at radius 1 is 1.15 bits per heavy atom. The second kappa shape index (κ2) is 10.2. The SMILES string of the molecule is Cc1c(Oc2ccc(-c3ccsc3)cc2F)ncnc1OC1CCN(C(=O)OC(C)C)CC1. The largest absolute Gasteiger partial charge is 0.474 e. The molecule has 33 heavy (non-hydrogen) atoms. The molecule has 0 saturated carbocycles. The van der Waals surface area contributed by atoms with Gasteiger partial charge in [-0.25, -0.2) is 19.2 Å². The lowest BCUT2D eigenvalue weighted by molar-refractivity contribution is 0.0505. The highest BCUT2D eigenvalue weighted by Crippen LogP contribution is 2.32. The highest BCUT2D eigenvalue weighted by atomic mass is 32.1. The zero-order chi connectivity index (χ0) is 23.4. The van der Waals surface area contributed by atoms with Crippen molar-refractivity contribution >= 4 is 17.4 Å². The zero-order valence-corrected chi connectivity index (χ0v) is 19.6. The molecule has 1 saturated heterocycles. The van der Waals surface area contributed by atoms with Gasteiger partial charge in [0.1, 0.15) is 12.4 Å². The van der Waals surface area contributed by atoms with Gasteiger partial charge in [-0.1, -0.05) is 6.07 Å². The number of hydrogen-bond donors (Lipinski definition) is 0. The van der Waals surface area contributed by atoms with Crippen molar-refractivity contribution < 1.29 is 23.4 Å². The highest BCUT2D eigenvalue weighted by molar-refractivity contribution is 7.08. The fraction of sp³-hybridized carbons (Fsp3) is 0.375. The predicted octanol–water partition coefficient (Wildman–Crippen LogP) is 5.83. The van der Waals surface area contributed by atoms with Crippen LogP contribution in [-0.4, -0.2) is 46.3 Å². The molecule has 4 rings (SSSR count). The Bertz CT molecular complexity index is 1100. The number of amides is 1. The molecular weight excluding hydrogens is 445 g/mol. The second-order valence-electron chi connectivity index (χ2n) is 8.11. The first-order valence-electron chi connectivity index (χ1n) is 10.8. The Labute approximate surface area is 196 Å². The monoisotopic (exact) mass is 471 g/mol. The second-order valence-corrected chi connectivity index (χ2v) is 8.89. The van der Waals surface area contributed by atoms with Crippen LogP contribution in [0.3, 0.4) is 0 Å². The highest BCUT2D eigenvalue weighted by Gasteiger charge is 2.26. The van der Waals surface area contributed by atoms with E-state index in [0.29, 0.717) is 37.4 Å². The third kappa shape index (κ3) is 5.60. The van der Waals surface area contributed by atoms with Crippen LogP contribution >= 0.6 is 11.3 Å². The number of thiophene rings is 1. The van der Waals surface area contributed by atoms with Crippen molar-refractivity contribution in [2.45, 2.75) is 45.8 Å². The predicted molar refractivity (Wildman–Crippen MR) is 123 cm³/mol. The molecule has 9 heteroatoms. The Balaban J connectivity index is 1.40. The Morgan fingerprint density at radius 3 is 2.58 bits per heavy atom. The molecule has 0 bridgehead atoms. The molecule has 2 aromatic heterocycles. The van der Waals surface area contributed by atoms with E-state index in [-0.39, 0.29) is 29.9 Å². The standard InChI is InChI=1S/C24H26FN3O4S/c1-15(2)30-24(29)28-9-6-19(7-10-28)31-22-16(3)23(27-14-26-22)32-21-5-4-17(12-20(21)25)18-8-11-33-13-18/h4-5,8,11-15,19H,6-7,9-10H2,1-3H3. The number of nitrogens with zero attached hydrogens (tertiary/aromatic N) is 3. The summed E-state index contributed by atoms with van der Waals surface area (Å²) in [5.74, 6) is 0.233. The van der Waals surface area contributed by atoms with Crippen molar-refractivity contribution in [1.82, 2.24) is 14.9 Å². The molecule has 3 aromatic rings. The van der Waals surface area contributed by atoms with E-state index in [1.54, 1.807) is 29.2 Å². The summed E-state index contributed by atoms with van der Waals surface area (Å²) in [4.78, 5) is 22.1. The van der Waals surface area contributed by atoms with Gasteiger partial charge in [-0.05, 0) is 60.9 Å². The molecule has 0 N–H and O–H groups in total. The zero-order valence-electron chi connectivity index (χ0n) is 18.8. The van der Waals surface area contributed by atoms with Crippen LogP contribution < -0.4 is 9.47 Å². The van der Waals surface area contributed by atoms with Gasteiger partial charge in [0.05, 0.1) is 11.7 Å². The van der Waals surface area contributed by atoms with E-state index < -0.39 is 5.82 Å². The molecule has 0 spiro atoms. The quantitative estimate of drug-likeness (QED) is 0.450.